The minimum absolute atomic E-state index is 0. The van der Waals surface area contributed by atoms with Gasteiger partial charge in [0, 0.05) is 74.6 Å². The standard InChI is InChI=1S/C25H19N3PS.C11H8N.Ir/c1-27-19-10-3-5-12-23(19)29(30)24-13-6-4-11-20(24)28(2)22-16-17(15-21(27)25(22)29)18-9-7-8-14-26-18;1-2-6-10(7-3-1)11-8-4-5-9-12-11;/h3-15H,1-2H3;1-6,8-9H;/q2*-1;. The zero-order valence-electron chi connectivity index (χ0n) is 23.6. The number of anilines is 4. The van der Waals surface area contributed by atoms with Crippen LogP contribution in [0.15, 0.2) is 128 Å². The maximum absolute atomic E-state index is 6.65. The summed E-state index contributed by atoms with van der Waals surface area (Å²) in [6.45, 7) is 0. The number of para-hydroxylation sites is 2. The van der Waals surface area contributed by atoms with Gasteiger partial charge in [-0.1, -0.05) is 72.5 Å². The molecule has 0 fully saturated rings. The molecule has 0 spiro atoms. The molecular weight excluding hydrogens is 744 g/mol. The van der Waals surface area contributed by atoms with E-state index in [1.165, 1.54) is 27.3 Å². The summed E-state index contributed by atoms with van der Waals surface area (Å²) in [7, 11) is 4.25. The summed E-state index contributed by atoms with van der Waals surface area (Å²) in [6.07, 6.45) is 3.62. The normalized spacial score (nSPS) is 15.6. The first-order valence-corrected chi connectivity index (χ1v) is 16.5. The molecule has 0 aliphatic carbocycles. The molecule has 2 aromatic heterocycles. The van der Waals surface area contributed by atoms with Gasteiger partial charge in [-0.15, -0.1) is 53.6 Å². The van der Waals surface area contributed by atoms with Crippen LogP contribution < -0.4 is 25.7 Å². The monoisotopic (exact) mass is 771 g/mol. The van der Waals surface area contributed by atoms with Gasteiger partial charge in [0.25, 0.3) is 0 Å². The summed E-state index contributed by atoms with van der Waals surface area (Å²) in [4.78, 5) is 13.3. The van der Waals surface area contributed by atoms with Crippen molar-refractivity contribution in [2.75, 3.05) is 23.9 Å². The summed E-state index contributed by atoms with van der Waals surface area (Å²) in [5, 5.41) is 3.76. The van der Waals surface area contributed by atoms with Crippen molar-refractivity contribution in [3.63, 3.8) is 0 Å². The fourth-order valence-corrected chi connectivity index (χ4v) is 10.7. The van der Waals surface area contributed by atoms with Gasteiger partial charge in [-0.25, -0.2) is 0 Å². The van der Waals surface area contributed by atoms with E-state index in [1.807, 2.05) is 66.9 Å². The van der Waals surface area contributed by atoms with Gasteiger partial charge < -0.3 is 19.8 Å². The fraction of sp³-hybridized carbons (Fsp3) is 0.0556. The van der Waals surface area contributed by atoms with Gasteiger partial charge in [0.2, 0.25) is 0 Å². The Hall–Kier alpha value is -3.92. The summed E-state index contributed by atoms with van der Waals surface area (Å²) in [5.74, 6) is 0. The molecule has 7 heteroatoms. The Morgan fingerprint density at radius 1 is 0.628 bits per heavy atom. The molecule has 43 heavy (non-hydrogen) atoms. The maximum Gasteiger partial charge on any atom is 0.0479 e. The average Bonchev–Trinajstić information content (AvgIpc) is 3.07. The van der Waals surface area contributed by atoms with Gasteiger partial charge in [0.15, 0.2) is 0 Å². The summed E-state index contributed by atoms with van der Waals surface area (Å²) >= 11 is 6.65. The maximum atomic E-state index is 6.65. The number of pyridine rings is 2. The average molecular weight is 771 g/mol. The first-order valence-electron chi connectivity index (χ1n) is 13.7. The van der Waals surface area contributed by atoms with Crippen molar-refractivity contribution in [1.29, 1.82) is 0 Å². The number of benzene rings is 4. The Kier molecular flexibility index (Phi) is 8.13. The van der Waals surface area contributed by atoms with Crippen molar-refractivity contribution in [2.45, 2.75) is 0 Å². The molecule has 0 bridgehead atoms. The van der Waals surface area contributed by atoms with Crippen molar-refractivity contribution in [1.82, 2.24) is 9.97 Å². The Morgan fingerprint density at radius 2 is 1.19 bits per heavy atom. The molecule has 0 saturated heterocycles. The SMILES string of the molecule is CN1c2[c-]c(-c3ccccn3)cc3c2P(=S)(c2ccccc21)c1ccccc1N3C.[Ir].[c-]1ccccc1-c1ccccn1. The Labute approximate surface area is 271 Å². The van der Waals surface area contributed by atoms with Gasteiger partial charge in [-0.3, -0.25) is 0 Å². The summed E-state index contributed by atoms with van der Waals surface area (Å²) in [5.41, 5.74) is 8.51. The Balaban J connectivity index is 0.000000213. The first kappa shape index (κ1) is 29.2. The summed E-state index contributed by atoms with van der Waals surface area (Å²) in [6, 6.07) is 43.7. The van der Waals surface area contributed by atoms with Crippen molar-refractivity contribution in [3.8, 4) is 22.5 Å². The van der Waals surface area contributed by atoms with Gasteiger partial charge in [0.05, 0.1) is 0 Å². The van der Waals surface area contributed by atoms with Crippen LogP contribution in [-0.4, -0.2) is 24.1 Å². The number of aromatic nitrogens is 2. The molecular formula is C36H27IrN4PS-2. The molecule has 6 aromatic rings. The van der Waals surface area contributed by atoms with Gasteiger partial charge in [0.1, 0.15) is 0 Å². The predicted octanol–water partition coefficient (Wildman–Crippen LogP) is 7.01. The Bertz CT molecular complexity index is 1840. The van der Waals surface area contributed by atoms with E-state index in [1.54, 1.807) is 6.20 Å². The van der Waals surface area contributed by atoms with Crippen molar-refractivity contribution < 1.29 is 20.1 Å². The van der Waals surface area contributed by atoms with Crippen LogP contribution in [0.1, 0.15) is 0 Å². The zero-order valence-corrected chi connectivity index (χ0v) is 27.7. The van der Waals surface area contributed by atoms with Crippen LogP contribution in [0.4, 0.5) is 22.7 Å². The minimum atomic E-state index is -2.20. The molecule has 2 aliphatic heterocycles. The second-order valence-corrected chi connectivity index (χ2v) is 14.4. The van der Waals surface area contributed by atoms with E-state index in [9.17, 15) is 0 Å². The molecule has 4 nitrogen and oxygen atoms in total. The van der Waals surface area contributed by atoms with E-state index in [4.69, 9.17) is 11.8 Å². The summed E-state index contributed by atoms with van der Waals surface area (Å²) < 4.78 is 0. The van der Waals surface area contributed by atoms with Crippen LogP contribution in [0.3, 0.4) is 0 Å². The molecule has 0 saturated carbocycles. The molecule has 213 valence electrons. The fourth-order valence-electron chi connectivity index (χ4n) is 5.74. The minimum Gasteiger partial charge on any atom is -0.361 e. The predicted molar refractivity (Wildman–Crippen MR) is 179 cm³/mol. The van der Waals surface area contributed by atoms with Crippen molar-refractivity contribution >= 4 is 56.5 Å². The third-order valence-electron chi connectivity index (χ3n) is 7.77. The molecule has 4 heterocycles. The molecule has 1 atom stereocenters. The third kappa shape index (κ3) is 4.95. The molecule has 1 radical (unpaired) electrons. The third-order valence-corrected chi connectivity index (χ3v) is 12.7. The molecule has 1 unspecified atom stereocenters. The van der Waals surface area contributed by atoms with Crippen molar-refractivity contribution in [3.05, 3.63) is 140 Å². The number of hydrogen-bond donors (Lipinski definition) is 0. The number of fused-ring (bicyclic) bond motifs is 4. The van der Waals surface area contributed by atoms with E-state index < -0.39 is 6.04 Å². The van der Waals surface area contributed by atoms with E-state index >= 15 is 0 Å². The van der Waals surface area contributed by atoms with Crippen LogP contribution in [0.25, 0.3) is 22.5 Å². The van der Waals surface area contributed by atoms with Crippen LogP contribution in [0.5, 0.6) is 0 Å². The molecule has 0 N–H and O–H groups in total. The quantitative estimate of drug-likeness (QED) is 0.140. The zero-order chi connectivity index (χ0) is 28.7. The van der Waals surface area contributed by atoms with Gasteiger partial charge in [-0.2, -0.15) is 0 Å². The number of nitrogens with zero attached hydrogens (tertiary/aromatic N) is 4. The molecule has 0 amide bonds. The second-order valence-electron chi connectivity index (χ2n) is 10.2. The van der Waals surface area contributed by atoms with E-state index in [0.29, 0.717) is 0 Å². The van der Waals surface area contributed by atoms with Crippen LogP contribution in [0, 0.1) is 12.1 Å². The van der Waals surface area contributed by atoms with Crippen LogP contribution in [-0.2, 0) is 31.9 Å². The van der Waals surface area contributed by atoms with E-state index in [2.05, 4.69) is 101 Å². The number of rotatable bonds is 2. The smallest absolute Gasteiger partial charge is 0.0479 e. The molecule has 8 rings (SSSR count). The van der Waals surface area contributed by atoms with Crippen LogP contribution in [0.2, 0.25) is 0 Å². The topological polar surface area (TPSA) is 32.3 Å². The van der Waals surface area contributed by atoms with Crippen molar-refractivity contribution in [2.24, 2.45) is 0 Å². The Morgan fingerprint density at radius 3 is 1.77 bits per heavy atom. The van der Waals surface area contributed by atoms with E-state index in [-0.39, 0.29) is 20.1 Å². The molecule has 4 aromatic carbocycles. The van der Waals surface area contributed by atoms with Crippen LogP contribution >= 0.6 is 6.04 Å². The number of hydrogen-bond acceptors (Lipinski definition) is 5. The molecule has 2 aliphatic rings. The van der Waals surface area contributed by atoms with Gasteiger partial charge >= 0.3 is 0 Å². The van der Waals surface area contributed by atoms with Gasteiger partial charge in [-0.05, 0) is 52.3 Å². The van der Waals surface area contributed by atoms with E-state index in [0.717, 1.165) is 33.9 Å². The second kappa shape index (κ2) is 12.0. The first-order chi connectivity index (χ1) is 20.6. The largest absolute Gasteiger partial charge is 0.361 e.